The number of hydrogen-bond donors (Lipinski definition) is 2. The minimum Gasteiger partial charge on any atom is -0.396 e. The molecule has 10 unspecified atom stereocenters. The molecule has 2 N–H and O–H groups in total. The number of fused-ring (bicyclic) bond motifs is 1. The van der Waals surface area contributed by atoms with Crippen LogP contribution in [0.15, 0.2) is 11.6 Å². The van der Waals surface area contributed by atoms with Gasteiger partial charge in [0.05, 0.1) is 6.10 Å². The highest BCUT2D eigenvalue weighted by atomic mass is 16.3. The molecule has 3 fully saturated rings. The Morgan fingerprint density at radius 1 is 1.06 bits per heavy atom. The van der Waals surface area contributed by atoms with Crippen molar-refractivity contribution in [2.24, 2.45) is 58.2 Å². The number of aliphatic hydroxyl groups excluding tert-OH is 2. The van der Waals surface area contributed by atoms with Crippen molar-refractivity contribution in [1.82, 2.24) is 0 Å². The van der Waals surface area contributed by atoms with Crippen LogP contribution in [0.25, 0.3) is 0 Å². The van der Waals surface area contributed by atoms with Crippen LogP contribution in [-0.2, 0) is 4.79 Å². The molecule has 0 spiro atoms. The molecule has 3 heteroatoms. The predicted octanol–water partition coefficient (Wildman–Crippen LogP) is 6.67. The second-order valence-electron chi connectivity index (χ2n) is 13.1. The van der Waals surface area contributed by atoms with Crippen LogP contribution in [0.2, 0.25) is 0 Å². The molecule has 3 aliphatic rings. The van der Waals surface area contributed by atoms with Crippen LogP contribution < -0.4 is 0 Å². The number of allylic oxidation sites excluding steroid dienone is 2. The quantitative estimate of drug-likeness (QED) is 0.417. The van der Waals surface area contributed by atoms with E-state index in [0.29, 0.717) is 41.3 Å². The predicted molar refractivity (Wildman–Crippen MR) is 137 cm³/mol. The summed E-state index contributed by atoms with van der Waals surface area (Å²) in [6.45, 7) is 18.5. The zero-order chi connectivity index (χ0) is 24.7. The van der Waals surface area contributed by atoms with Gasteiger partial charge in [-0.25, -0.2) is 0 Å². The highest BCUT2D eigenvalue weighted by molar-refractivity contribution is 5.88. The van der Waals surface area contributed by atoms with E-state index in [-0.39, 0.29) is 35.4 Å². The summed E-state index contributed by atoms with van der Waals surface area (Å²) >= 11 is 0. The fourth-order valence-corrected chi connectivity index (χ4v) is 8.57. The van der Waals surface area contributed by atoms with E-state index in [9.17, 15) is 15.0 Å². The van der Waals surface area contributed by atoms with Gasteiger partial charge in [0.15, 0.2) is 0 Å². The van der Waals surface area contributed by atoms with Gasteiger partial charge < -0.3 is 10.2 Å². The lowest BCUT2D eigenvalue weighted by molar-refractivity contribution is -0.154. The Bertz CT molecular complexity index is 726. The molecule has 3 nitrogen and oxygen atoms in total. The Morgan fingerprint density at radius 3 is 2.30 bits per heavy atom. The third-order valence-electron chi connectivity index (χ3n) is 11.2. The SMILES string of the molecule is CC(=CC(C)C1CCC(C2CCC3C(C)C(O)CCC3(C)C2=O)C1(C)CCO)C(C)C(C)C. The minimum atomic E-state index is -0.283. The highest BCUT2D eigenvalue weighted by Crippen LogP contribution is 2.61. The molecule has 0 aliphatic heterocycles. The van der Waals surface area contributed by atoms with Crippen molar-refractivity contribution in [1.29, 1.82) is 0 Å². The van der Waals surface area contributed by atoms with Crippen molar-refractivity contribution in [2.45, 2.75) is 106 Å². The van der Waals surface area contributed by atoms with Gasteiger partial charge >= 0.3 is 0 Å². The average molecular weight is 461 g/mol. The number of ketones is 1. The molecule has 0 amide bonds. The van der Waals surface area contributed by atoms with E-state index in [1.54, 1.807) is 0 Å². The molecule has 10 atom stereocenters. The van der Waals surface area contributed by atoms with E-state index in [1.807, 2.05) is 0 Å². The lowest BCUT2D eigenvalue weighted by Gasteiger charge is -2.53. The number of carbonyl (C=O) groups excluding carboxylic acids is 1. The minimum absolute atomic E-state index is 0.00463. The maximum absolute atomic E-state index is 14.1. The van der Waals surface area contributed by atoms with E-state index in [0.717, 1.165) is 44.9 Å². The number of Topliss-reactive ketones (excluding diaryl/α,β-unsaturated/α-hetero) is 1. The first-order chi connectivity index (χ1) is 15.4. The summed E-state index contributed by atoms with van der Waals surface area (Å²) in [5, 5.41) is 20.5. The van der Waals surface area contributed by atoms with E-state index < -0.39 is 0 Å². The lowest BCUT2D eigenvalue weighted by atomic mass is 9.50. The van der Waals surface area contributed by atoms with Crippen LogP contribution in [0.1, 0.15) is 100 Å². The third-order valence-corrected chi connectivity index (χ3v) is 11.2. The van der Waals surface area contributed by atoms with Gasteiger partial charge in [0.1, 0.15) is 5.78 Å². The summed E-state index contributed by atoms with van der Waals surface area (Å²) in [6.07, 6.45) is 8.89. The molecule has 190 valence electrons. The molecule has 33 heavy (non-hydrogen) atoms. The van der Waals surface area contributed by atoms with Crippen molar-refractivity contribution < 1.29 is 15.0 Å². The van der Waals surface area contributed by atoms with Gasteiger partial charge in [0.2, 0.25) is 0 Å². The van der Waals surface area contributed by atoms with Crippen molar-refractivity contribution in [3.63, 3.8) is 0 Å². The van der Waals surface area contributed by atoms with Crippen LogP contribution in [0.5, 0.6) is 0 Å². The Labute approximate surface area is 203 Å². The summed E-state index contributed by atoms with van der Waals surface area (Å²) in [4.78, 5) is 14.1. The summed E-state index contributed by atoms with van der Waals surface area (Å²) in [5.41, 5.74) is 1.19. The fraction of sp³-hybridized carbons (Fsp3) is 0.900. The molecule has 0 heterocycles. The molecule has 3 aliphatic carbocycles. The Balaban J connectivity index is 1.85. The van der Waals surface area contributed by atoms with Gasteiger partial charge in [0.25, 0.3) is 0 Å². The Morgan fingerprint density at radius 2 is 1.70 bits per heavy atom. The van der Waals surface area contributed by atoms with Gasteiger partial charge in [-0.3, -0.25) is 4.79 Å². The fourth-order valence-electron chi connectivity index (χ4n) is 8.57. The van der Waals surface area contributed by atoms with Crippen molar-refractivity contribution in [3.8, 4) is 0 Å². The van der Waals surface area contributed by atoms with E-state index in [4.69, 9.17) is 0 Å². The zero-order valence-corrected chi connectivity index (χ0v) is 22.7. The largest absolute Gasteiger partial charge is 0.396 e. The van der Waals surface area contributed by atoms with Crippen LogP contribution in [0.3, 0.4) is 0 Å². The molecule has 0 saturated heterocycles. The first kappa shape index (κ1) is 26.9. The smallest absolute Gasteiger partial charge is 0.142 e. The Kier molecular flexibility index (Phi) is 8.27. The Hall–Kier alpha value is -0.670. The van der Waals surface area contributed by atoms with Crippen LogP contribution >= 0.6 is 0 Å². The van der Waals surface area contributed by atoms with E-state index >= 15 is 0 Å². The van der Waals surface area contributed by atoms with E-state index in [1.165, 1.54) is 5.57 Å². The molecular weight excluding hydrogens is 408 g/mol. The van der Waals surface area contributed by atoms with Crippen molar-refractivity contribution in [2.75, 3.05) is 6.61 Å². The monoisotopic (exact) mass is 460 g/mol. The summed E-state index contributed by atoms with van der Waals surface area (Å²) in [7, 11) is 0. The van der Waals surface area contributed by atoms with Crippen molar-refractivity contribution >= 4 is 5.78 Å². The second kappa shape index (κ2) is 10.1. The average Bonchev–Trinajstić information content (AvgIpc) is 3.08. The van der Waals surface area contributed by atoms with Crippen molar-refractivity contribution in [3.05, 3.63) is 11.6 Å². The maximum Gasteiger partial charge on any atom is 0.142 e. The summed E-state index contributed by atoms with van der Waals surface area (Å²) < 4.78 is 0. The van der Waals surface area contributed by atoms with Gasteiger partial charge in [-0.1, -0.05) is 60.1 Å². The second-order valence-corrected chi connectivity index (χ2v) is 13.1. The molecule has 0 aromatic carbocycles. The molecule has 0 bridgehead atoms. The van der Waals surface area contributed by atoms with Gasteiger partial charge in [0, 0.05) is 17.9 Å². The van der Waals surface area contributed by atoms with E-state index in [2.05, 4.69) is 61.5 Å². The number of aliphatic hydroxyl groups is 2. The van der Waals surface area contributed by atoms with Crippen LogP contribution in [0.4, 0.5) is 0 Å². The first-order valence-electron chi connectivity index (χ1n) is 13.9. The molecule has 0 radical (unpaired) electrons. The molecule has 3 rings (SSSR count). The standard InChI is InChI=1S/C30H52O3/c1-18(2)21(5)19(3)17-20(4)24-11-12-26(29(24,7)15-16-31)23-9-10-25-22(6)27(32)13-14-30(25,8)28(23)33/h17-18,20-27,31-32H,9-16H2,1-8H3. The molecule has 0 aromatic heterocycles. The highest BCUT2D eigenvalue weighted by Gasteiger charge is 2.58. The molecular formula is C30H52O3. The number of hydrogen-bond acceptors (Lipinski definition) is 3. The van der Waals surface area contributed by atoms with Gasteiger partial charge in [-0.05, 0) is 98.7 Å². The summed E-state index contributed by atoms with van der Waals surface area (Å²) in [5.74, 6) is 3.66. The topological polar surface area (TPSA) is 57.5 Å². The third kappa shape index (κ3) is 4.75. The van der Waals surface area contributed by atoms with Crippen LogP contribution in [-0.4, -0.2) is 28.7 Å². The number of carbonyl (C=O) groups is 1. The van der Waals surface area contributed by atoms with Crippen LogP contribution in [0, 0.1) is 58.2 Å². The van der Waals surface area contributed by atoms with Gasteiger partial charge in [-0.2, -0.15) is 0 Å². The summed E-state index contributed by atoms with van der Waals surface area (Å²) in [6, 6.07) is 0. The molecule has 0 aromatic rings. The van der Waals surface area contributed by atoms with Gasteiger partial charge in [-0.15, -0.1) is 0 Å². The first-order valence-corrected chi connectivity index (χ1v) is 13.9. The molecule has 3 saturated carbocycles. The zero-order valence-electron chi connectivity index (χ0n) is 22.7. The maximum atomic E-state index is 14.1. The number of rotatable bonds is 7. The lowest BCUT2D eigenvalue weighted by Crippen LogP contribution is -2.54. The normalized spacial score (nSPS) is 44.1.